The van der Waals surface area contributed by atoms with Crippen LogP contribution in [-0.4, -0.2) is 17.7 Å². The highest BCUT2D eigenvalue weighted by molar-refractivity contribution is 5.78. The maximum absolute atomic E-state index is 5.70. The Labute approximate surface area is 106 Å². The molecule has 3 N–H and O–H groups in total. The highest BCUT2D eigenvalue weighted by Crippen LogP contribution is 2.27. The Morgan fingerprint density at radius 2 is 2.28 bits per heavy atom. The van der Waals surface area contributed by atoms with Gasteiger partial charge in [0.1, 0.15) is 0 Å². The number of pyridine rings is 1. The summed E-state index contributed by atoms with van der Waals surface area (Å²) in [6.07, 6.45) is 4.18. The third-order valence-corrected chi connectivity index (χ3v) is 3.49. The zero-order chi connectivity index (χ0) is 12.4. The van der Waals surface area contributed by atoms with E-state index in [-0.39, 0.29) is 12.1 Å². The van der Waals surface area contributed by atoms with Crippen molar-refractivity contribution in [3.63, 3.8) is 0 Å². The van der Waals surface area contributed by atoms with Crippen molar-refractivity contribution in [2.75, 3.05) is 6.61 Å². The molecule has 1 saturated heterocycles. The van der Waals surface area contributed by atoms with Crippen molar-refractivity contribution in [2.24, 2.45) is 5.84 Å². The lowest BCUT2D eigenvalue weighted by Gasteiger charge is -2.22. The monoisotopic (exact) mass is 243 g/mol. The second-order valence-corrected chi connectivity index (χ2v) is 4.66. The molecule has 1 aliphatic rings. The molecule has 0 aliphatic carbocycles. The molecule has 0 spiro atoms. The van der Waals surface area contributed by atoms with Gasteiger partial charge in [0.05, 0.1) is 17.7 Å². The summed E-state index contributed by atoms with van der Waals surface area (Å²) in [6, 6.07) is 10.2. The molecule has 2 aromatic rings. The molecule has 0 radical (unpaired) electrons. The van der Waals surface area contributed by atoms with Crippen LogP contribution in [0.5, 0.6) is 0 Å². The predicted molar refractivity (Wildman–Crippen MR) is 70.8 cm³/mol. The second kappa shape index (κ2) is 5.02. The van der Waals surface area contributed by atoms with E-state index in [1.807, 2.05) is 24.4 Å². The maximum Gasteiger partial charge on any atom is 0.0784 e. The molecule has 0 saturated carbocycles. The van der Waals surface area contributed by atoms with Crippen molar-refractivity contribution in [3.05, 3.63) is 42.1 Å². The van der Waals surface area contributed by atoms with E-state index in [4.69, 9.17) is 10.6 Å². The summed E-state index contributed by atoms with van der Waals surface area (Å²) < 4.78 is 5.70. The first-order valence-electron chi connectivity index (χ1n) is 6.31. The number of benzene rings is 1. The number of rotatable bonds is 3. The van der Waals surface area contributed by atoms with Crippen LogP contribution in [0.25, 0.3) is 10.9 Å². The van der Waals surface area contributed by atoms with Crippen LogP contribution in [0.2, 0.25) is 0 Å². The zero-order valence-corrected chi connectivity index (χ0v) is 10.2. The van der Waals surface area contributed by atoms with Gasteiger partial charge in [-0.15, -0.1) is 0 Å². The van der Waals surface area contributed by atoms with Crippen molar-refractivity contribution < 1.29 is 4.74 Å². The van der Waals surface area contributed by atoms with E-state index in [0.29, 0.717) is 0 Å². The van der Waals surface area contributed by atoms with Crippen LogP contribution in [0.3, 0.4) is 0 Å². The van der Waals surface area contributed by atoms with Crippen LogP contribution < -0.4 is 11.3 Å². The number of para-hydroxylation sites is 1. The molecule has 94 valence electrons. The van der Waals surface area contributed by atoms with E-state index in [1.54, 1.807) is 0 Å². The Morgan fingerprint density at radius 3 is 3.06 bits per heavy atom. The van der Waals surface area contributed by atoms with Crippen molar-refractivity contribution in [1.82, 2.24) is 10.4 Å². The van der Waals surface area contributed by atoms with Gasteiger partial charge in [-0.05, 0) is 30.5 Å². The van der Waals surface area contributed by atoms with Crippen molar-refractivity contribution in [2.45, 2.75) is 25.0 Å². The average molecular weight is 243 g/mol. The minimum atomic E-state index is 0.0182. The van der Waals surface area contributed by atoms with E-state index in [2.05, 4.69) is 22.5 Å². The molecule has 18 heavy (non-hydrogen) atoms. The summed E-state index contributed by atoms with van der Waals surface area (Å²) in [5.41, 5.74) is 4.95. The van der Waals surface area contributed by atoms with Gasteiger partial charge in [-0.1, -0.05) is 18.2 Å². The molecule has 1 aromatic heterocycles. The van der Waals surface area contributed by atoms with Gasteiger partial charge < -0.3 is 4.74 Å². The topological polar surface area (TPSA) is 60.2 Å². The van der Waals surface area contributed by atoms with Gasteiger partial charge in [0.2, 0.25) is 0 Å². The van der Waals surface area contributed by atoms with Gasteiger partial charge in [-0.2, -0.15) is 0 Å². The lowest BCUT2D eigenvalue weighted by atomic mass is 10.00. The smallest absolute Gasteiger partial charge is 0.0784 e. The summed E-state index contributed by atoms with van der Waals surface area (Å²) >= 11 is 0. The zero-order valence-electron chi connectivity index (χ0n) is 10.2. The number of hydrogen-bond acceptors (Lipinski definition) is 4. The van der Waals surface area contributed by atoms with E-state index >= 15 is 0 Å². The van der Waals surface area contributed by atoms with Crippen LogP contribution in [0.1, 0.15) is 24.4 Å². The van der Waals surface area contributed by atoms with Crippen LogP contribution in [-0.2, 0) is 4.74 Å². The molecule has 0 amide bonds. The van der Waals surface area contributed by atoms with Gasteiger partial charge in [-0.25, -0.2) is 0 Å². The van der Waals surface area contributed by atoms with E-state index in [9.17, 15) is 0 Å². The average Bonchev–Trinajstić information content (AvgIpc) is 2.93. The van der Waals surface area contributed by atoms with Gasteiger partial charge in [0, 0.05) is 18.2 Å². The van der Waals surface area contributed by atoms with Crippen LogP contribution in [0.4, 0.5) is 0 Å². The summed E-state index contributed by atoms with van der Waals surface area (Å²) in [4.78, 5) is 4.47. The van der Waals surface area contributed by atoms with Crippen molar-refractivity contribution in [1.29, 1.82) is 0 Å². The fraction of sp³-hybridized carbons (Fsp3) is 0.357. The Hall–Kier alpha value is -1.49. The number of fused-ring (bicyclic) bond motifs is 1. The standard InChI is InChI=1S/C14H17N3O/c15-17-14(13-6-3-7-18-13)11-8-10-4-1-2-5-12(10)16-9-11/h1-2,4-5,8-9,13-14,17H,3,6-7,15H2. The van der Waals surface area contributed by atoms with Crippen molar-refractivity contribution in [3.8, 4) is 0 Å². The lowest BCUT2D eigenvalue weighted by Crippen LogP contribution is -2.36. The molecule has 2 atom stereocenters. The predicted octanol–water partition coefficient (Wildman–Crippen LogP) is 1.92. The molecular formula is C14H17N3O. The second-order valence-electron chi connectivity index (χ2n) is 4.66. The molecule has 0 bridgehead atoms. The van der Waals surface area contributed by atoms with Gasteiger partial charge in [-0.3, -0.25) is 16.3 Å². The first kappa shape index (κ1) is 11.6. The maximum atomic E-state index is 5.70. The Kier molecular flexibility index (Phi) is 3.23. The molecule has 2 unspecified atom stereocenters. The fourth-order valence-electron chi connectivity index (χ4n) is 2.54. The number of hydrogen-bond donors (Lipinski definition) is 2. The highest BCUT2D eigenvalue weighted by atomic mass is 16.5. The summed E-state index contributed by atoms with van der Waals surface area (Å²) in [5.74, 6) is 5.67. The van der Waals surface area contributed by atoms with Crippen molar-refractivity contribution >= 4 is 10.9 Å². The molecule has 1 aromatic carbocycles. The number of nitrogens with one attached hydrogen (secondary N) is 1. The number of hydrazine groups is 1. The molecule has 1 fully saturated rings. The normalized spacial score (nSPS) is 21.3. The van der Waals surface area contributed by atoms with Crippen LogP contribution >= 0.6 is 0 Å². The first-order chi connectivity index (χ1) is 8.88. The highest BCUT2D eigenvalue weighted by Gasteiger charge is 2.26. The lowest BCUT2D eigenvalue weighted by molar-refractivity contribution is 0.0783. The van der Waals surface area contributed by atoms with E-state index in [1.165, 1.54) is 0 Å². The molecule has 4 heteroatoms. The third kappa shape index (κ3) is 2.10. The third-order valence-electron chi connectivity index (χ3n) is 3.49. The number of nitrogens with zero attached hydrogens (tertiary/aromatic N) is 1. The number of ether oxygens (including phenoxy) is 1. The largest absolute Gasteiger partial charge is 0.376 e. The quantitative estimate of drug-likeness (QED) is 0.638. The molecule has 4 nitrogen and oxygen atoms in total. The molecule has 2 heterocycles. The van der Waals surface area contributed by atoms with Gasteiger partial charge in [0.15, 0.2) is 0 Å². The summed E-state index contributed by atoms with van der Waals surface area (Å²) in [5, 5.41) is 1.13. The van der Waals surface area contributed by atoms with Crippen LogP contribution in [0.15, 0.2) is 36.5 Å². The fourth-order valence-corrected chi connectivity index (χ4v) is 2.54. The number of aromatic nitrogens is 1. The van der Waals surface area contributed by atoms with Gasteiger partial charge in [0.25, 0.3) is 0 Å². The minimum absolute atomic E-state index is 0.0182. The Morgan fingerprint density at radius 1 is 1.39 bits per heavy atom. The summed E-state index contributed by atoms with van der Waals surface area (Å²) in [7, 11) is 0. The summed E-state index contributed by atoms with van der Waals surface area (Å²) in [6.45, 7) is 0.823. The SMILES string of the molecule is NNC(c1cnc2ccccc2c1)C1CCCO1. The number of nitrogens with two attached hydrogens (primary N) is 1. The molecular weight excluding hydrogens is 226 g/mol. The van der Waals surface area contributed by atoms with E-state index < -0.39 is 0 Å². The van der Waals surface area contributed by atoms with Gasteiger partial charge >= 0.3 is 0 Å². The van der Waals surface area contributed by atoms with E-state index in [0.717, 1.165) is 35.9 Å². The Bertz CT molecular complexity index is 537. The molecule has 3 rings (SSSR count). The Balaban J connectivity index is 1.96. The first-order valence-corrected chi connectivity index (χ1v) is 6.31. The molecule has 1 aliphatic heterocycles. The van der Waals surface area contributed by atoms with Crippen LogP contribution in [0, 0.1) is 0 Å². The minimum Gasteiger partial charge on any atom is -0.376 e.